The topological polar surface area (TPSA) is 49.4 Å². The molecule has 24 heavy (non-hydrogen) atoms. The van der Waals surface area contributed by atoms with Crippen molar-refractivity contribution >= 4 is 11.8 Å². The molecule has 2 amide bonds. The summed E-state index contributed by atoms with van der Waals surface area (Å²) in [5.74, 6) is 0.755. The number of nitrogens with zero attached hydrogens (tertiary/aromatic N) is 1. The highest BCUT2D eigenvalue weighted by Gasteiger charge is 2.33. The fraction of sp³-hybridized carbons (Fsp3) is 0.600. The second-order valence-electron chi connectivity index (χ2n) is 7.06. The molecule has 4 heteroatoms. The molecule has 1 aliphatic heterocycles. The third kappa shape index (κ3) is 5.66. The van der Waals surface area contributed by atoms with Crippen LogP contribution in [-0.2, 0) is 16.0 Å². The first-order chi connectivity index (χ1) is 11.6. The molecule has 132 valence electrons. The monoisotopic (exact) mass is 330 g/mol. The number of hydrogen-bond acceptors (Lipinski definition) is 2. The third-order valence-corrected chi connectivity index (χ3v) is 4.60. The maximum atomic E-state index is 12.4. The predicted molar refractivity (Wildman–Crippen MR) is 96.6 cm³/mol. The second-order valence-corrected chi connectivity index (χ2v) is 7.06. The first kappa shape index (κ1) is 18.5. The number of likely N-dealkylation sites (tertiary alicyclic amines) is 1. The van der Waals surface area contributed by atoms with Crippen LogP contribution in [0.1, 0.15) is 51.5 Å². The van der Waals surface area contributed by atoms with Crippen LogP contribution in [0.4, 0.5) is 0 Å². The predicted octanol–water partition coefficient (Wildman–Crippen LogP) is 3.16. The Morgan fingerprint density at radius 3 is 2.71 bits per heavy atom. The third-order valence-electron chi connectivity index (χ3n) is 4.60. The second kappa shape index (κ2) is 9.45. The Balaban J connectivity index is 1.76. The molecule has 2 rings (SSSR count). The molecule has 4 nitrogen and oxygen atoms in total. The number of benzene rings is 1. The van der Waals surface area contributed by atoms with Crippen molar-refractivity contribution in [2.24, 2.45) is 5.92 Å². The Morgan fingerprint density at radius 1 is 1.25 bits per heavy atom. The number of hydrogen-bond donors (Lipinski definition) is 1. The van der Waals surface area contributed by atoms with Crippen molar-refractivity contribution in [3.63, 3.8) is 0 Å². The molecule has 0 bridgehead atoms. The molecule has 0 aromatic heterocycles. The van der Waals surface area contributed by atoms with E-state index in [9.17, 15) is 9.59 Å². The van der Waals surface area contributed by atoms with E-state index in [1.165, 1.54) is 5.56 Å². The van der Waals surface area contributed by atoms with Gasteiger partial charge in [0.1, 0.15) is 6.04 Å². The van der Waals surface area contributed by atoms with Crippen LogP contribution in [-0.4, -0.2) is 35.8 Å². The lowest BCUT2D eigenvalue weighted by molar-refractivity contribution is -0.138. The molecule has 0 spiro atoms. The molecule has 1 saturated heterocycles. The molecule has 1 unspecified atom stereocenters. The Hall–Kier alpha value is -1.84. The minimum atomic E-state index is -0.271. The van der Waals surface area contributed by atoms with Gasteiger partial charge in [-0.2, -0.15) is 0 Å². The van der Waals surface area contributed by atoms with Crippen LogP contribution in [0.5, 0.6) is 0 Å². The number of amides is 2. The molecule has 0 aliphatic carbocycles. The summed E-state index contributed by atoms with van der Waals surface area (Å²) in [4.78, 5) is 26.6. The average Bonchev–Trinajstić information content (AvgIpc) is 3.05. The Kier molecular flexibility index (Phi) is 7.29. The van der Waals surface area contributed by atoms with Crippen LogP contribution in [0.15, 0.2) is 30.3 Å². The van der Waals surface area contributed by atoms with E-state index in [1.807, 2.05) is 18.2 Å². The van der Waals surface area contributed by atoms with Crippen molar-refractivity contribution in [1.29, 1.82) is 0 Å². The van der Waals surface area contributed by atoms with Gasteiger partial charge in [-0.25, -0.2) is 0 Å². The smallest absolute Gasteiger partial charge is 0.242 e. The molecule has 1 heterocycles. The Bertz CT molecular complexity index is 528. The van der Waals surface area contributed by atoms with Gasteiger partial charge < -0.3 is 10.2 Å². The van der Waals surface area contributed by atoms with E-state index in [1.54, 1.807) is 4.90 Å². The molecule has 1 aromatic rings. The summed E-state index contributed by atoms with van der Waals surface area (Å²) >= 11 is 0. The van der Waals surface area contributed by atoms with Gasteiger partial charge in [-0.05, 0) is 37.2 Å². The molecule has 1 N–H and O–H groups in total. The van der Waals surface area contributed by atoms with Gasteiger partial charge >= 0.3 is 0 Å². The van der Waals surface area contributed by atoms with Gasteiger partial charge in [0.2, 0.25) is 11.8 Å². The Labute approximate surface area is 145 Å². The van der Waals surface area contributed by atoms with Gasteiger partial charge in [0, 0.05) is 19.5 Å². The van der Waals surface area contributed by atoms with Gasteiger partial charge in [0.05, 0.1) is 0 Å². The van der Waals surface area contributed by atoms with Crippen molar-refractivity contribution < 1.29 is 9.59 Å². The van der Waals surface area contributed by atoms with Crippen LogP contribution in [0.3, 0.4) is 0 Å². The SMILES string of the molecule is CC(C)CCCC(=O)N1CCCC1C(=O)NCCc1ccccc1. The van der Waals surface area contributed by atoms with Crippen LogP contribution >= 0.6 is 0 Å². The highest BCUT2D eigenvalue weighted by molar-refractivity contribution is 5.88. The summed E-state index contributed by atoms with van der Waals surface area (Å²) in [6.07, 6.45) is 5.07. The van der Waals surface area contributed by atoms with Crippen molar-refractivity contribution in [3.05, 3.63) is 35.9 Å². The molecule has 1 fully saturated rings. The fourth-order valence-electron chi connectivity index (χ4n) is 3.24. The average molecular weight is 330 g/mol. The van der Waals surface area contributed by atoms with Crippen molar-refractivity contribution in [1.82, 2.24) is 10.2 Å². The van der Waals surface area contributed by atoms with Crippen LogP contribution in [0, 0.1) is 5.92 Å². The largest absolute Gasteiger partial charge is 0.354 e. The van der Waals surface area contributed by atoms with Gasteiger partial charge in [-0.15, -0.1) is 0 Å². The van der Waals surface area contributed by atoms with Gasteiger partial charge in [-0.1, -0.05) is 50.6 Å². The standard InChI is InChI=1S/C20H30N2O2/c1-16(2)8-6-12-19(23)22-15-7-11-18(22)20(24)21-14-13-17-9-4-3-5-10-17/h3-5,9-10,16,18H,6-8,11-15H2,1-2H3,(H,21,24). The molecular formula is C20H30N2O2. The van der Waals surface area contributed by atoms with E-state index in [-0.39, 0.29) is 17.9 Å². The van der Waals surface area contributed by atoms with Gasteiger partial charge in [0.25, 0.3) is 0 Å². The summed E-state index contributed by atoms with van der Waals surface area (Å²) in [6, 6.07) is 9.85. The normalized spacial score (nSPS) is 17.3. The zero-order valence-corrected chi connectivity index (χ0v) is 15.0. The fourth-order valence-corrected chi connectivity index (χ4v) is 3.24. The number of carbonyl (C=O) groups excluding carboxylic acids is 2. The van der Waals surface area contributed by atoms with Gasteiger partial charge in [0.15, 0.2) is 0 Å². The lowest BCUT2D eigenvalue weighted by Gasteiger charge is -2.24. The first-order valence-corrected chi connectivity index (χ1v) is 9.19. The lowest BCUT2D eigenvalue weighted by atomic mass is 10.1. The van der Waals surface area contributed by atoms with Crippen LogP contribution < -0.4 is 5.32 Å². The van der Waals surface area contributed by atoms with Crippen molar-refractivity contribution in [2.75, 3.05) is 13.1 Å². The van der Waals surface area contributed by atoms with Crippen LogP contribution in [0.25, 0.3) is 0 Å². The summed E-state index contributed by atoms with van der Waals surface area (Å²) in [7, 11) is 0. The number of nitrogens with one attached hydrogen (secondary N) is 1. The molecule has 0 saturated carbocycles. The minimum Gasteiger partial charge on any atom is -0.354 e. The quantitative estimate of drug-likeness (QED) is 0.796. The lowest BCUT2D eigenvalue weighted by Crippen LogP contribution is -2.46. The molecule has 1 aromatic carbocycles. The zero-order chi connectivity index (χ0) is 17.4. The Morgan fingerprint density at radius 2 is 2.00 bits per heavy atom. The summed E-state index contributed by atoms with van der Waals surface area (Å²) in [5.41, 5.74) is 1.21. The van der Waals surface area contributed by atoms with E-state index >= 15 is 0 Å². The minimum absolute atomic E-state index is 0.000593. The number of carbonyl (C=O) groups is 2. The van der Waals surface area contributed by atoms with E-state index < -0.39 is 0 Å². The molecular weight excluding hydrogens is 300 g/mol. The zero-order valence-electron chi connectivity index (χ0n) is 15.0. The first-order valence-electron chi connectivity index (χ1n) is 9.19. The van der Waals surface area contributed by atoms with E-state index in [0.29, 0.717) is 18.9 Å². The summed E-state index contributed by atoms with van der Waals surface area (Å²) in [6.45, 7) is 5.68. The molecule has 0 radical (unpaired) electrons. The van der Waals surface area contributed by atoms with Crippen molar-refractivity contribution in [2.45, 2.75) is 58.4 Å². The van der Waals surface area contributed by atoms with E-state index in [4.69, 9.17) is 0 Å². The van der Waals surface area contributed by atoms with E-state index in [2.05, 4.69) is 31.3 Å². The van der Waals surface area contributed by atoms with Crippen molar-refractivity contribution in [3.8, 4) is 0 Å². The summed E-state index contributed by atoms with van der Waals surface area (Å²) < 4.78 is 0. The van der Waals surface area contributed by atoms with Crippen LogP contribution in [0.2, 0.25) is 0 Å². The molecule has 1 atom stereocenters. The maximum absolute atomic E-state index is 12.4. The molecule has 1 aliphatic rings. The highest BCUT2D eigenvalue weighted by Crippen LogP contribution is 2.20. The number of rotatable bonds is 8. The van der Waals surface area contributed by atoms with Gasteiger partial charge in [-0.3, -0.25) is 9.59 Å². The van der Waals surface area contributed by atoms with E-state index in [0.717, 1.165) is 38.6 Å². The highest BCUT2D eigenvalue weighted by atomic mass is 16.2. The summed E-state index contributed by atoms with van der Waals surface area (Å²) in [5, 5.41) is 3.00. The maximum Gasteiger partial charge on any atom is 0.242 e.